The molecule has 1 rings (SSSR count). The number of hydrogen-bond donors (Lipinski definition) is 3. The van der Waals surface area contributed by atoms with Crippen LogP contribution in [0.15, 0.2) is 24.3 Å². The van der Waals surface area contributed by atoms with E-state index in [0.717, 1.165) is 0 Å². The third kappa shape index (κ3) is 6.65. The molecule has 0 unspecified atom stereocenters. The summed E-state index contributed by atoms with van der Waals surface area (Å²) in [6.07, 6.45) is 1.37. The van der Waals surface area contributed by atoms with E-state index in [1.54, 1.807) is 24.3 Å². The molecule has 0 bridgehead atoms. The molecule has 21 heavy (non-hydrogen) atoms. The minimum absolute atomic E-state index is 0.169. The molecule has 116 valence electrons. The Balaban J connectivity index is 2.57. The number of benzene rings is 1. The van der Waals surface area contributed by atoms with Crippen molar-refractivity contribution < 1.29 is 13.2 Å². The monoisotopic (exact) mass is 329 g/mol. The highest BCUT2D eigenvalue weighted by molar-refractivity contribution is 7.88. The van der Waals surface area contributed by atoms with E-state index in [-0.39, 0.29) is 29.6 Å². The Morgan fingerprint density at radius 3 is 2.48 bits per heavy atom. The van der Waals surface area contributed by atoms with Gasteiger partial charge in [0, 0.05) is 18.5 Å². The largest absolute Gasteiger partial charge is 0.389 e. The minimum atomic E-state index is -3.47. The van der Waals surface area contributed by atoms with E-state index < -0.39 is 10.0 Å². The minimum Gasteiger partial charge on any atom is -0.389 e. The van der Waals surface area contributed by atoms with Crippen molar-refractivity contribution in [3.63, 3.8) is 0 Å². The summed E-state index contributed by atoms with van der Waals surface area (Å²) in [5.74, 6) is -0.570. The molecule has 0 aliphatic carbocycles. The van der Waals surface area contributed by atoms with Gasteiger partial charge in [-0.1, -0.05) is 36.5 Å². The first-order valence-corrected chi connectivity index (χ1v) is 8.51. The molecule has 1 amide bonds. The number of unbranched alkanes of at least 4 members (excludes halogenated alkanes) is 1. The Kier molecular flexibility index (Phi) is 6.73. The second-order valence-corrected chi connectivity index (χ2v) is 6.84. The summed E-state index contributed by atoms with van der Waals surface area (Å²) in [7, 11) is -3.47. The van der Waals surface area contributed by atoms with E-state index in [0.29, 0.717) is 24.0 Å². The zero-order valence-electron chi connectivity index (χ0n) is 11.5. The Morgan fingerprint density at radius 1 is 1.19 bits per heavy atom. The number of sulfonamides is 1. The van der Waals surface area contributed by atoms with Crippen LogP contribution < -0.4 is 16.2 Å². The fourth-order valence-electron chi connectivity index (χ4n) is 1.79. The number of carbonyl (C=O) groups is 1. The smallest absolute Gasteiger partial charge is 0.217 e. The van der Waals surface area contributed by atoms with Crippen LogP contribution >= 0.6 is 12.2 Å². The van der Waals surface area contributed by atoms with Gasteiger partial charge in [-0.15, -0.1) is 0 Å². The summed E-state index contributed by atoms with van der Waals surface area (Å²) < 4.78 is 26.5. The van der Waals surface area contributed by atoms with Gasteiger partial charge in [0.1, 0.15) is 4.99 Å². The fourth-order valence-corrected chi connectivity index (χ4v) is 3.21. The molecule has 0 heterocycles. The lowest BCUT2D eigenvalue weighted by molar-refractivity contribution is -0.118. The van der Waals surface area contributed by atoms with Crippen molar-refractivity contribution in [3.8, 4) is 0 Å². The first-order valence-electron chi connectivity index (χ1n) is 6.45. The van der Waals surface area contributed by atoms with Gasteiger partial charge in [-0.05, 0) is 18.4 Å². The van der Waals surface area contributed by atoms with Crippen LogP contribution in [0, 0.1) is 0 Å². The summed E-state index contributed by atoms with van der Waals surface area (Å²) in [5.41, 5.74) is 11.7. The van der Waals surface area contributed by atoms with Crippen LogP contribution in [0.2, 0.25) is 0 Å². The van der Waals surface area contributed by atoms with E-state index in [2.05, 4.69) is 4.72 Å². The molecule has 8 heteroatoms. The second kappa shape index (κ2) is 8.06. The summed E-state index contributed by atoms with van der Waals surface area (Å²) in [6.45, 7) is 0.269. The topological polar surface area (TPSA) is 115 Å². The van der Waals surface area contributed by atoms with Gasteiger partial charge >= 0.3 is 0 Å². The average molecular weight is 329 g/mol. The quantitative estimate of drug-likeness (QED) is 0.448. The molecule has 0 saturated carbocycles. The first-order chi connectivity index (χ1) is 9.82. The third-order valence-corrected chi connectivity index (χ3v) is 4.36. The SMILES string of the molecule is NC(=O)CCCCNS(=O)(=O)Cc1ccccc1C(N)=S. The number of carbonyl (C=O) groups excluding carboxylic acids is 1. The molecular weight excluding hydrogens is 310 g/mol. The predicted molar refractivity (Wildman–Crippen MR) is 86.0 cm³/mol. The molecule has 5 N–H and O–H groups in total. The Bertz CT molecular complexity index is 615. The third-order valence-electron chi connectivity index (χ3n) is 2.80. The molecule has 1 aromatic carbocycles. The molecule has 0 saturated heterocycles. The standard InChI is InChI=1S/C13H19N3O3S2/c14-12(17)7-3-4-8-16-21(18,19)9-10-5-1-2-6-11(10)13(15)20/h1-2,5-6,16H,3-4,7-9H2,(H2,14,17)(H2,15,20). The first kappa shape index (κ1) is 17.5. The van der Waals surface area contributed by atoms with Crippen molar-refractivity contribution in [2.75, 3.05) is 6.54 Å². The molecule has 0 spiro atoms. The zero-order chi connectivity index (χ0) is 15.9. The summed E-state index contributed by atoms with van der Waals surface area (Å²) in [6, 6.07) is 6.86. The van der Waals surface area contributed by atoms with Gasteiger partial charge in [0.25, 0.3) is 0 Å². The van der Waals surface area contributed by atoms with Gasteiger partial charge < -0.3 is 11.5 Å². The van der Waals surface area contributed by atoms with Crippen LogP contribution in [0.4, 0.5) is 0 Å². The number of nitrogens with one attached hydrogen (secondary N) is 1. The van der Waals surface area contributed by atoms with Crippen molar-refractivity contribution in [1.82, 2.24) is 4.72 Å². The molecule has 0 aliphatic heterocycles. The van der Waals surface area contributed by atoms with Crippen LogP contribution in [0.3, 0.4) is 0 Å². The van der Waals surface area contributed by atoms with Crippen LogP contribution in [0.25, 0.3) is 0 Å². The average Bonchev–Trinajstić information content (AvgIpc) is 2.37. The summed E-state index contributed by atoms with van der Waals surface area (Å²) in [5, 5.41) is 0. The highest BCUT2D eigenvalue weighted by atomic mass is 32.2. The Hall–Kier alpha value is -1.51. The normalized spacial score (nSPS) is 11.2. The van der Waals surface area contributed by atoms with Crippen molar-refractivity contribution in [3.05, 3.63) is 35.4 Å². The number of amides is 1. The maximum Gasteiger partial charge on any atom is 0.217 e. The Labute approximate surface area is 129 Å². The van der Waals surface area contributed by atoms with E-state index >= 15 is 0 Å². The van der Waals surface area contributed by atoms with Crippen LogP contribution in [0.1, 0.15) is 30.4 Å². The number of hydrogen-bond acceptors (Lipinski definition) is 4. The lowest BCUT2D eigenvalue weighted by Gasteiger charge is -2.10. The van der Waals surface area contributed by atoms with Gasteiger partial charge in [0.2, 0.25) is 15.9 Å². The van der Waals surface area contributed by atoms with E-state index in [1.807, 2.05) is 0 Å². The number of rotatable bonds is 9. The maximum atomic E-state index is 12.0. The van der Waals surface area contributed by atoms with Crippen molar-refractivity contribution in [2.45, 2.75) is 25.0 Å². The van der Waals surface area contributed by atoms with E-state index in [1.165, 1.54) is 0 Å². The molecule has 6 nitrogen and oxygen atoms in total. The maximum absolute atomic E-state index is 12.0. The second-order valence-electron chi connectivity index (χ2n) is 4.60. The fraction of sp³-hybridized carbons (Fsp3) is 0.385. The van der Waals surface area contributed by atoms with Crippen molar-refractivity contribution >= 4 is 33.1 Å². The number of primary amides is 1. The number of nitrogens with two attached hydrogens (primary N) is 2. The van der Waals surface area contributed by atoms with Crippen LogP contribution in [-0.4, -0.2) is 25.9 Å². The van der Waals surface area contributed by atoms with Gasteiger partial charge in [-0.25, -0.2) is 13.1 Å². The summed E-state index contributed by atoms with van der Waals surface area (Å²) in [4.78, 5) is 10.7. The molecule has 0 aromatic heterocycles. The van der Waals surface area contributed by atoms with Gasteiger partial charge in [-0.2, -0.15) is 0 Å². The molecule has 0 radical (unpaired) electrons. The lowest BCUT2D eigenvalue weighted by Crippen LogP contribution is -2.27. The molecule has 0 aliphatic rings. The van der Waals surface area contributed by atoms with Gasteiger partial charge in [0.15, 0.2) is 0 Å². The molecule has 0 atom stereocenters. The molecule has 1 aromatic rings. The summed E-state index contributed by atoms with van der Waals surface area (Å²) >= 11 is 4.90. The van der Waals surface area contributed by atoms with E-state index in [9.17, 15) is 13.2 Å². The van der Waals surface area contributed by atoms with Crippen molar-refractivity contribution in [2.24, 2.45) is 11.5 Å². The van der Waals surface area contributed by atoms with Crippen LogP contribution in [0.5, 0.6) is 0 Å². The van der Waals surface area contributed by atoms with Crippen LogP contribution in [-0.2, 0) is 20.6 Å². The van der Waals surface area contributed by atoms with Gasteiger partial charge in [-0.3, -0.25) is 4.79 Å². The molecule has 0 fully saturated rings. The lowest BCUT2D eigenvalue weighted by atomic mass is 10.1. The number of thiocarbonyl (C=S) groups is 1. The molecular formula is C13H19N3O3S2. The highest BCUT2D eigenvalue weighted by Crippen LogP contribution is 2.12. The van der Waals surface area contributed by atoms with Crippen molar-refractivity contribution in [1.29, 1.82) is 0 Å². The van der Waals surface area contributed by atoms with Gasteiger partial charge in [0.05, 0.1) is 5.75 Å². The van der Waals surface area contributed by atoms with E-state index in [4.69, 9.17) is 23.7 Å². The Morgan fingerprint density at radius 2 is 1.86 bits per heavy atom. The highest BCUT2D eigenvalue weighted by Gasteiger charge is 2.14. The predicted octanol–water partition coefficient (Wildman–Crippen LogP) is 0.396. The zero-order valence-corrected chi connectivity index (χ0v) is 13.2.